The molecule has 1 atom stereocenters. The Kier molecular flexibility index (Phi) is 5.34. The first-order valence-corrected chi connectivity index (χ1v) is 8.05. The fourth-order valence-electron chi connectivity index (χ4n) is 2.58. The van der Waals surface area contributed by atoms with E-state index in [0.717, 1.165) is 11.1 Å². The molecule has 0 amide bonds. The molecule has 0 fully saturated rings. The summed E-state index contributed by atoms with van der Waals surface area (Å²) in [4.78, 5) is 0. The first-order valence-electron chi connectivity index (χ1n) is 7.67. The Morgan fingerprint density at radius 1 is 1.13 bits per heavy atom. The molecule has 23 heavy (non-hydrogen) atoms. The number of rotatable bonds is 4. The van der Waals surface area contributed by atoms with E-state index in [9.17, 15) is 5.26 Å². The van der Waals surface area contributed by atoms with E-state index in [1.807, 2.05) is 12.1 Å². The van der Waals surface area contributed by atoms with E-state index < -0.39 is 0 Å². The number of benzene rings is 2. The van der Waals surface area contributed by atoms with Gasteiger partial charge in [-0.2, -0.15) is 5.26 Å². The summed E-state index contributed by atoms with van der Waals surface area (Å²) in [6.45, 7) is 6.57. The summed E-state index contributed by atoms with van der Waals surface area (Å²) in [5, 5.41) is 10.2. The summed E-state index contributed by atoms with van der Waals surface area (Å²) in [6.07, 6.45) is 0.637. The number of nitrogens with zero attached hydrogens (tertiary/aromatic N) is 1. The molecule has 0 aliphatic carbocycles. The zero-order valence-electron chi connectivity index (χ0n) is 14.1. The highest BCUT2D eigenvalue weighted by molar-refractivity contribution is 6.30. The van der Waals surface area contributed by atoms with E-state index in [-0.39, 0.29) is 11.3 Å². The third-order valence-electron chi connectivity index (χ3n) is 3.98. The number of methoxy groups -OCH3 is 1. The van der Waals surface area contributed by atoms with Crippen LogP contribution in [0.2, 0.25) is 5.02 Å². The minimum absolute atomic E-state index is 0.128. The molecule has 1 unspecified atom stereocenters. The summed E-state index contributed by atoms with van der Waals surface area (Å²) < 4.78 is 5.37. The standard InChI is InChI=1S/C20H22ClNO/c1-20(2,3)16-7-5-14(6-8-16)11-15(13-22)18-12-17(21)9-10-19(18)23-4/h5-10,12,15H,11H2,1-4H3. The van der Waals surface area contributed by atoms with Gasteiger partial charge in [-0.25, -0.2) is 0 Å². The first-order chi connectivity index (χ1) is 10.8. The van der Waals surface area contributed by atoms with Crippen LogP contribution in [0.15, 0.2) is 42.5 Å². The third kappa shape index (κ3) is 4.27. The summed E-state index contributed by atoms with van der Waals surface area (Å²) in [7, 11) is 1.61. The van der Waals surface area contributed by atoms with Crippen LogP contribution < -0.4 is 4.74 Å². The molecule has 0 saturated carbocycles. The van der Waals surface area contributed by atoms with Crippen molar-refractivity contribution in [3.05, 3.63) is 64.2 Å². The molecule has 120 valence electrons. The zero-order chi connectivity index (χ0) is 17.0. The molecule has 0 radical (unpaired) electrons. The van der Waals surface area contributed by atoms with Gasteiger partial charge >= 0.3 is 0 Å². The van der Waals surface area contributed by atoms with Crippen molar-refractivity contribution in [3.63, 3.8) is 0 Å². The molecule has 0 heterocycles. The van der Waals surface area contributed by atoms with Crippen LogP contribution in [0.25, 0.3) is 0 Å². The molecular formula is C20H22ClNO. The maximum atomic E-state index is 9.59. The Bertz CT molecular complexity index is 708. The van der Waals surface area contributed by atoms with Crippen LogP contribution >= 0.6 is 11.6 Å². The Morgan fingerprint density at radius 2 is 1.78 bits per heavy atom. The molecule has 0 aromatic heterocycles. The molecule has 2 aromatic rings. The number of ether oxygens (including phenoxy) is 1. The summed E-state index contributed by atoms with van der Waals surface area (Å²) >= 11 is 6.08. The van der Waals surface area contributed by atoms with Gasteiger partial charge in [0, 0.05) is 10.6 Å². The molecule has 3 heteroatoms. The first kappa shape index (κ1) is 17.4. The van der Waals surface area contributed by atoms with Crippen molar-refractivity contribution in [1.29, 1.82) is 5.26 Å². The molecule has 0 aliphatic heterocycles. The van der Waals surface area contributed by atoms with Crippen LogP contribution in [0.5, 0.6) is 5.75 Å². The van der Waals surface area contributed by atoms with Crippen LogP contribution in [-0.4, -0.2) is 7.11 Å². The fourth-order valence-corrected chi connectivity index (χ4v) is 2.76. The van der Waals surface area contributed by atoms with Gasteiger partial charge in [-0.3, -0.25) is 0 Å². The smallest absolute Gasteiger partial charge is 0.123 e. The quantitative estimate of drug-likeness (QED) is 0.743. The fraction of sp³-hybridized carbons (Fsp3) is 0.350. The van der Waals surface area contributed by atoms with Gasteiger partial charge in [0.2, 0.25) is 0 Å². The van der Waals surface area contributed by atoms with E-state index in [4.69, 9.17) is 16.3 Å². The highest BCUT2D eigenvalue weighted by Gasteiger charge is 2.18. The average molecular weight is 328 g/mol. The summed E-state index contributed by atoms with van der Waals surface area (Å²) in [6, 6.07) is 16.3. The van der Waals surface area contributed by atoms with Crippen molar-refractivity contribution < 1.29 is 4.74 Å². The molecule has 0 aliphatic rings. The van der Waals surface area contributed by atoms with Gasteiger partial charge in [0.15, 0.2) is 0 Å². The molecule has 2 rings (SSSR count). The molecule has 2 nitrogen and oxygen atoms in total. The van der Waals surface area contributed by atoms with Crippen molar-refractivity contribution in [3.8, 4) is 11.8 Å². The predicted octanol–water partition coefficient (Wildman–Crippen LogP) is 5.50. The number of hydrogen-bond acceptors (Lipinski definition) is 2. The highest BCUT2D eigenvalue weighted by atomic mass is 35.5. The van der Waals surface area contributed by atoms with Gasteiger partial charge < -0.3 is 4.74 Å². The van der Waals surface area contributed by atoms with Crippen molar-refractivity contribution >= 4 is 11.6 Å². The van der Waals surface area contributed by atoms with E-state index in [0.29, 0.717) is 17.2 Å². The number of hydrogen-bond donors (Lipinski definition) is 0. The molecular weight excluding hydrogens is 306 g/mol. The van der Waals surface area contributed by atoms with Gasteiger partial charge in [-0.1, -0.05) is 56.6 Å². The monoisotopic (exact) mass is 327 g/mol. The largest absolute Gasteiger partial charge is 0.496 e. The maximum absolute atomic E-state index is 9.59. The van der Waals surface area contributed by atoms with Crippen LogP contribution in [0.3, 0.4) is 0 Å². The zero-order valence-corrected chi connectivity index (χ0v) is 14.8. The van der Waals surface area contributed by atoms with E-state index in [1.165, 1.54) is 5.56 Å². The molecule has 0 bridgehead atoms. The number of halogens is 1. The van der Waals surface area contributed by atoms with Crippen LogP contribution in [0.4, 0.5) is 0 Å². The van der Waals surface area contributed by atoms with Crippen molar-refractivity contribution in [2.45, 2.75) is 38.5 Å². The Hall–Kier alpha value is -1.98. The van der Waals surface area contributed by atoms with Gasteiger partial charge in [-0.15, -0.1) is 0 Å². The van der Waals surface area contributed by atoms with E-state index in [1.54, 1.807) is 13.2 Å². The van der Waals surface area contributed by atoms with Crippen LogP contribution in [0.1, 0.15) is 43.4 Å². The average Bonchev–Trinajstić information content (AvgIpc) is 2.52. The molecule has 0 spiro atoms. The van der Waals surface area contributed by atoms with E-state index >= 15 is 0 Å². The van der Waals surface area contributed by atoms with Gasteiger partial charge in [0.25, 0.3) is 0 Å². The lowest BCUT2D eigenvalue weighted by atomic mass is 9.85. The minimum Gasteiger partial charge on any atom is -0.496 e. The van der Waals surface area contributed by atoms with E-state index in [2.05, 4.69) is 51.1 Å². The predicted molar refractivity (Wildman–Crippen MR) is 95.2 cm³/mol. The van der Waals surface area contributed by atoms with Gasteiger partial charge in [0.05, 0.1) is 19.1 Å². The molecule has 2 aromatic carbocycles. The van der Waals surface area contributed by atoms with Crippen molar-refractivity contribution in [2.24, 2.45) is 0 Å². The second-order valence-corrected chi connectivity index (χ2v) is 7.16. The maximum Gasteiger partial charge on any atom is 0.123 e. The topological polar surface area (TPSA) is 33.0 Å². The van der Waals surface area contributed by atoms with Crippen LogP contribution in [-0.2, 0) is 11.8 Å². The van der Waals surface area contributed by atoms with Gasteiger partial charge in [0.1, 0.15) is 5.75 Å². The second-order valence-electron chi connectivity index (χ2n) is 6.72. The van der Waals surface area contributed by atoms with Crippen molar-refractivity contribution in [2.75, 3.05) is 7.11 Å². The van der Waals surface area contributed by atoms with Crippen LogP contribution in [0, 0.1) is 11.3 Å². The third-order valence-corrected chi connectivity index (χ3v) is 4.22. The molecule has 0 saturated heterocycles. The SMILES string of the molecule is COc1ccc(Cl)cc1C(C#N)Cc1ccc(C(C)(C)C)cc1. The van der Waals surface area contributed by atoms with Crippen molar-refractivity contribution in [1.82, 2.24) is 0 Å². The van der Waals surface area contributed by atoms with Gasteiger partial charge in [-0.05, 0) is 41.2 Å². The lowest BCUT2D eigenvalue weighted by molar-refractivity contribution is 0.408. The summed E-state index contributed by atoms with van der Waals surface area (Å²) in [5.74, 6) is 0.413. The normalized spacial score (nSPS) is 12.5. The lowest BCUT2D eigenvalue weighted by Crippen LogP contribution is -2.11. The highest BCUT2D eigenvalue weighted by Crippen LogP contribution is 2.32. The number of nitriles is 1. The summed E-state index contributed by atoms with van der Waals surface area (Å²) in [5.41, 5.74) is 3.38. The molecule has 0 N–H and O–H groups in total. The lowest BCUT2D eigenvalue weighted by Gasteiger charge is -2.19. The Labute approximate surface area is 143 Å². The minimum atomic E-state index is -0.288. The Balaban J connectivity index is 2.27. The second kappa shape index (κ2) is 7.06. The Morgan fingerprint density at radius 3 is 2.30 bits per heavy atom.